The first-order chi connectivity index (χ1) is 11.2. The molecule has 0 saturated carbocycles. The van der Waals surface area contributed by atoms with E-state index in [1.165, 1.54) is 0 Å². The van der Waals surface area contributed by atoms with E-state index >= 15 is 0 Å². The molecule has 24 heavy (non-hydrogen) atoms. The number of carbonyl (C=O) groups is 1. The zero-order valence-corrected chi connectivity index (χ0v) is 13.5. The molecule has 9 heteroatoms. The summed E-state index contributed by atoms with van der Waals surface area (Å²) in [5.41, 5.74) is 0.764. The Morgan fingerprint density at radius 2 is 2.17 bits per heavy atom. The molecular formula is C15H16ClN3O5. The van der Waals surface area contributed by atoms with Crippen LogP contribution < -0.4 is 9.47 Å². The van der Waals surface area contributed by atoms with Gasteiger partial charge in [0.2, 0.25) is 18.5 Å². The number of fused-ring (bicyclic) bond motifs is 1. The van der Waals surface area contributed by atoms with Gasteiger partial charge in [-0.15, -0.1) is 12.4 Å². The Morgan fingerprint density at radius 1 is 1.33 bits per heavy atom. The Kier molecular flexibility index (Phi) is 4.59. The number of aliphatic carboxylic acids is 1. The standard InChI is InChI=1S/C15H15N3O5.ClH/c19-15(20)10-2-1-5-18(10)7-13-16-14(17-23-13)9-3-4-11-12(6-9)22-8-21-11;/h3-4,6,10H,1-2,5,7-8H2,(H,19,20);1H/t10-;/m0./s1. The predicted molar refractivity (Wildman–Crippen MR) is 84.2 cm³/mol. The lowest BCUT2D eigenvalue weighted by Gasteiger charge is -2.18. The number of aromatic nitrogens is 2. The average Bonchev–Trinajstić information content (AvgIpc) is 3.26. The molecule has 1 aromatic heterocycles. The molecule has 0 bridgehead atoms. The molecule has 1 saturated heterocycles. The monoisotopic (exact) mass is 353 g/mol. The average molecular weight is 354 g/mol. The van der Waals surface area contributed by atoms with E-state index in [0.29, 0.717) is 36.2 Å². The van der Waals surface area contributed by atoms with Gasteiger partial charge in [0.25, 0.3) is 0 Å². The molecule has 1 atom stereocenters. The molecule has 2 aliphatic heterocycles. The van der Waals surface area contributed by atoms with Crippen LogP contribution in [0.4, 0.5) is 0 Å². The van der Waals surface area contributed by atoms with Crippen LogP contribution in [0.15, 0.2) is 22.7 Å². The van der Waals surface area contributed by atoms with Crippen molar-refractivity contribution < 1.29 is 23.9 Å². The van der Waals surface area contributed by atoms with Crippen molar-refractivity contribution in [3.63, 3.8) is 0 Å². The van der Waals surface area contributed by atoms with Gasteiger partial charge in [0.1, 0.15) is 6.04 Å². The van der Waals surface area contributed by atoms with Gasteiger partial charge in [-0.25, -0.2) is 0 Å². The molecule has 1 fully saturated rings. The highest BCUT2D eigenvalue weighted by Gasteiger charge is 2.31. The maximum atomic E-state index is 11.2. The number of hydrogen-bond donors (Lipinski definition) is 1. The molecule has 1 N–H and O–H groups in total. The first kappa shape index (κ1) is 16.5. The second-order valence-electron chi connectivity index (χ2n) is 5.55. The fourth-order valence-corrected chi connectivity index (χ4v) is 2.94. The van der Waals surface area contributed by atoms with Gasteiger partial charge < -0.3 is 19.1 Å². The molecule has 0 unspecified atom stereocenters. The lowest BCUT2D eigenvalue weighted by molar-refractivity contribution is -0.142. The smallest absolute Gasteiger partial charge is 0.320 e. The molecular weight excluding hydrogens is 338 g/mol. The van der Waals surface area contributed by atoms with Crippen LogP contribution in [0.2, 0.25) is 0 Å². The minimum absolute atomic E-state index is 0. The minimum atomic E-state index is -0.807. The number of ether oxygens (including phenoxy) is 2. The molecule has 0 aliphatic carbocycles. The number of nitrogens with zero attached hydrogens (tertiary/aromatic N) is 3. The number of carboxylic acid groups (broad SMARTS) is 1. The van der Waals surface area contributed by atoms with Crippen LogP contribution in [-0.2, 0) is 11.3 Å². The normalized spacial score (nSPS) is 19.2. The van der Waals surface area contributed by atoms with E-state index in [1.807, 2.05) is 11.0 Å². The number of halogens is 1. The van der Waals surface area contributed by atoms with Gasteiger partial charge in [-0.05, 0) is 37.6 Å². The predicted octanol–water partition coefficient (Wildman–Crippen LogP) is 1.94. The van der Waals surface area contributed by atoms with Crippen LogP contribution >= 0.6 is 12.4 Å². The summed E-state index contributed by atoms with van der Waals surface area (Å²) in [5.74, 6) is 1.39. The highest BCUT2D eigenvalue weighted by Crippen LogP contribution is 2.35. The zero-order chi connectivity index (χ0) is 15.8. The van der Waals surface area contributed by atoms with E-state index in [-0.39, 0.29) is 19.2 Å². The van der Waals surface area contributed by atoms with E-state index < -0.39 is 12.0 Å². The van der Waals surface area contributed by atoms with Crippen molar-refractivity contribution in [2.75, 3.05) is 13.3 Å². The van der Waals surface area contributed by atoms with Crippen LogP contribution in [-0.4, -0.2) is 45.5 Å². The molecule has 0 amide bonds. The summed E-state index contributed by atoms with van der Waals surface area (Å²) in [6.45, 7) is 1.27. The van der Waals surface area contributed by atoms with Crippen molar-refractivity contribution >= 4 is 18.4 Å². The molecule has 2 aliphatic rings. The van der Waals surface area contributed by atoms with Crippen molar-refractivity contribution in [3.8, 4) is 22.9 Å². The van der Waals surface area contributed by atoms with Crippen molar-refractivity contribution in [1.29, 1.82) is 0 Å². The van der Waals surface area contributed by atoms with Gasteiger partial charge in [-0.2, -0.15) is 4.98 Å². The van der Waals surface area contributed by atoms with E-state index in [2.05, 4.69) is 10.1 Å². The third kappa shape index (κ3) is 3.02. The number of carboxylic acids is 1. The SMILES string of the molecule is Cl.O=C(O)[C@@H]1CCCN1Cc1nc(-c2ccc3c(c2)OCO3)no1. The first-order valence-corrected chi connectivity index (χ1v) is 7.40. The maximum Gasteiger partial charge on any atom is 0.320 e. The summed E-state index contributed by atoms with van der Waals surface area (Å²) >= 11 is 0. The summed E-state index contributed by atoms with van der Waals surface area (Å²) in [6, 6.07) is 4.95. The van der Waals surface area contributed by atoms with Crippen molar-refractivity contribution in [2.45, 2.75) is 25.4 Å². The molecule has 3 heterocycles. The highest BCUT2D eigenvalue weighted by molar-refractivity contribution is 5.85. The Morgan fingerprint density at radius 3 is 3.00 bits per heavy atom. The van der Waals surface area contributed by atoms with Gasteiger partial charge in [0.15, 0.2) is 11.5 Å². The van der Waals surface area contributed by atoms with Gasteiger partial charge in [0, 0.05) is 5.56 Å². The second kappa shape index (κ2) is 6.66. The number of rotatable bonds is 4. The van der Waals surface area contributed by atoms with Gasteiger partial charge in [0.05, 0.1) is 6.54 Å². The van der Waals surface area contributed by atoms with E-state index in [9.17, 15) is 9.90 Å². The first-order valence-electron chi connectivity index (χ1n) is 7.40. The van der Waals surface area contributed by atoms with Crippen LogP contribution in [0, 0.1) is 0 Å². The summed E-state index contributed by atoms with van der Waals surface area (Å²) in [6.07, 6.45) is 1.51. The summed E-state index contributed by atoms with van der Waals surface area (Å²) in [7, 11) is 0. The van der Waals surface area contributed by atoms with Crippen molar-refractivity contribution in [1.82, 2.24) is 15.0 Å². The minimum Gasteiger partial charge on any atom is -0.480 e. The Labute approximate surface area is 143 Å². The quantitative estimate of drug-likeness (QED) is 0.890. The largest absolute Gasteiger partial charge is 0.480 e. The van der Waals surface area contributed by atoms with Gasteiger partial charge in [-0.3, -0.25) is 9.69 Å². The van der Waals surface area contributed by atoms with Gasteiger partial charge >= 0.3 is 5.97 Å². The summed E-state index contributed by atoms with van der Waals surface area (Å²) in [5, 5.41) is 13.2. The molecule has 128 valence electrons. The lowest BCUT2D eigenvalue weighted by Crippen LogP contribution is -2.35. The fourth-order valence-electron chi connectivity index (χ4n) is 2.94. The number of benzene rings is 1. The molecule has 0 radical (unpaired) electrons. The van der Waals surface area contributed by atoms with Crippen LogP contribution in [0.1, 0.15) is 18.7 Å². The molecule has 4 rings (SSSR count). The Bertz CT molecular complexity index is 750. The number of hydrogen-bond acceptors (Lipinski definition) is 7. The van der Waals surface area contributed by atoms with Crippen LogP contribution in [0.5, 0.6) is 11.5 Å². The number of likely N-dealkylation sites (tertiary alicyclic amines) is 1. The van der Waals surface area contributed by atoms with E-state index in [1.54, 1.807) is 12.1 Å². The Balaban J connectivity index is 0.00000169. The zero-order valence-electron chi connectivity index (χ0n) is 12.7. The third-order valence-electron chi connectivity index (χ3n) is 4.09. The summed E-state index contributed by atoms with van der Waals surface area (Å²) in [4.78, 5) is 17.4. The lowest BCUT2D eigenvalue weighted by atomic mass is 10.2. The molecule has 1 aromatic carbocycles. The van der Waals surface area contributed by atoms with Crippen LogP contribution in [0.25, 0.3) is 11.4 Å². The van der Waals surface area contributed by atoms with Crippen molar-refractivity contribution in [2.24, 2.45) is 0 Å². The summed E-state index contributed by atoms with van der Waals surface area (Å²) < 4.78 is 15.9. The highest BCUT2D eigenvalue weighted by atomic mass is 35.5. The van der Waals surface area contributed by atoms with Crippen LogP contribution in [0.3, 0.4) is 0 Å². The topological polar surface area (TPSA) is 97.9 Å². The second-order valence-corrected chi connectivity index (χ2v) is 5.55. The van der Waals surface area contributed by atoms with E-state index in [0.717, 1.165) is 18.5 Å². The Hall–Kier alpha value is -2.32. The van der Waals surface area contributed by atoms with Crippen molar-refractivity contribution in [3.05, 3.63) is 24.1 Å². The maximum absolute atomic E-state index is 11.2. The molecule has 8 nitrogen and oxygen atoms in total. The third-order valence-corrected chi connectivity index (χ3v) is 4.09. The van der Waals surface area contributed by atoms with Gasteiger partial charge in [-0.1, -0.05) is 5.16 Å². The molecule has 2 aromatic rings. The molecule has 0 spiro atoms. The fraction of sp³-hybridized carbons (Fsp3) is 0.400. The van der Waals surface area contributed by atoms with E-state index in [4.69, 9.17) is 14.0 Å².